The number of anilines is 1. The first-order valence-corrected chi connectivity index (χ1v) is 18.4. The minimum absolute atomic E-state index is 0.0105. The number of nitrogens with zero attached hydrogens (tertiary/aromatic N) is 2. The zero-order valence-corrected chi connectivity index (χ0v) is 32.3. The number of nitrogens with one attached hydrogen (secondary N) is 5. The molecule has 0 saturated carbocycles. The summed E-state index contributed by atoms with van der Waals surface area (Å²) >= 11 is 0. The van der Waals surface area contributed by atoms with Crippen molar-refractivity contribution in [2.24, 2.45) is 0 Å². The molecule has 0 aliphatic carbocycles. The number of carbonyl (C=O) groups is 9. The summed E-state index contributed by atoms with van der Waals surface area (Å²) in [6, 6.07) is 4.13. The second-order valence-electron chi connectivity index (χ2n) is 13.5. The number of aromatic nitrogens is 2. The molecule has 0 saturated heterocycles. The number of aliphatic carboxylic acids is 5. The molecular weight excluding hydrogens is 806 g/mol. The van der Waals surface area contributed by atoms with Gasteiger partial charge in [-0.15, -0.1) is 6.42 Å². The quantitative estimate of drug-likeness (QED) is 0.0488. The van der Waals surface area contributed by atoms with Gasteiger partial charge in [0.25, 0.3) is 11.5 Å². The third kappa shape index (κ3) is 15.5. The van der Waals surface area contributed by atoms with Crippen LogP contribution in [0.1, 0.15) is 67.3 Å². The van der Waals surface area contributed by atoms with Crippen LogP contribution in [0.25, 0.3) is 10.9 Å². The van der Waals surface area contributed by atoms with Crippen LogP contribution in [0, 0.1) is 12.3 Å². The Kier molecular flexibility index (Phi) is 17.9. The number of terminal acetylenes is 1. The van der Waals surface area contributed by atoms with Crippen LogP contribution in [-0.4, -0.2) is 120 Å². The average Bonchev–Trinajstić information content (AvgIpc) is 3.20. The Morgan fingerprint density at radius 2 is 1.11 bits per heavy atom. The summed E-state index contributed by atoms with van der Waals surface area (Å²) in [6.45, 7) is 0.385. The number of carboxylic acid groups (broad SMARTS) is 5. The van der Waals surface area contributed by atoms with Gasteiger partial charge in [-0.2, -0.15) is 0 Å². The second kappa shape index (κ2) is 22.9. The number of amides is 4. The predicted molar refractivity (Wildman–Crippen MR) is 211 cm³/mol. The number of aromatic amines is 1. The van der Waals surface area contributed by atoms with E-state index in [4.69, 9.17) is 11.5 Å². The van der Waals surface area contributed by atoms with E-state index >= 15 is 0 Å². The maximum atomic E-state index is 13.6. The monoisotopic (exact) mass is 849 g/mol. The highest BCUT2D eigenvalue weighted by Gasteiger charge is 2.32. The van der Waals surface area contributed by atoms with E-state index in [9.17, 15) is 68.4 Å². The Morgan fingerprint density at radius 3 is 1.57 bits per heavy atom. The van der Waals surface area contributed by atoms with Gasteiger partial charge in [0, 0.05) is 43.5 Å². The highest BCUT2D eigenvalue weighted by Crippen LogP contribution is 2.20. The standard InChI is InChI=1S/C39H43N7O15/c1-2-17-46(19-21-3-8-25-24(18-21)35(56)41-20-40-25)23-6-4-22(5-7-23)34(55)42-26(9-13-30(47)48)36(57)43-27(10-14-31(49)50)37(58)44-28(11-15-32(51)52)38(59)45-29(39(60)61)12-16-33(53)54/h1,3-8,18,20,26-29H,9-17,19H2,(H,42,55)(H,43,57)(H,44,58)(H,45,59)(H,47,48)(H,49,50)(H,51,52)(H,53,54)(H,60,61)(H,40,41,56)/t26-,27-,28-,29-/m0/s1. The SMILES string of the molecule is C#CCN(Cc1ccc2nc[nH]c(=O)c2c1)c1ccc(C(=O)N[C@@H](CCC(=O)O)C(=O)N[C@@H](CCC(=O)O)C(=O)N[C@@H](CCC(=O)O)C(=O)N[C@@H](CCC(=O)O)C(=O)O)cc1. The van der Waals surface area contributed by atoms with Crippen LogP contribution in [0.4, 0.5) is 5.69 Å². The van der Waals surface area contributed by atoms with Crippen molar-refractivity contribution in [3.63, 3.8) is 0 Å². The number of rotatable bonds is 25. The maximum Gasteiger partial charge on any atom is 0.326 e. The molecule has 0 aliphatic rings. The van der Waals surface area contributed by atoms with Crippen LogP contribution in [-0.2, 0) is 44.9 Å². The van der Waals surface area contributed by atoms with E-state index in [0.717, 1.165) is 5.56 Å². The highest BCUT2D eigenvalue weighted by atomic mass is 16.4. The van der Waals surface area contributed by atoms with E-state index in [1.807, 2.05) is 5.32 Å². The molecule has 0 aliphatic heterocycles. The number of carboxylic acids is 5. The smallest absolute Gasteiger partial charge is 0.326 e. The predicted octanol–water partition coefficient (Wildman–Crippen LogP) is -0.340. The first kappa shape index (κ1) is 47.5. The zero-order valence-electron chi connectivity index (χ0n) is 32.3. The summed E-state index contributed by atoms with van der Waals surface area (Å²) in [6.07, 6.45) is 1.82. The molecule has 0 unspecified atom stereocenters. The van der Waals surface area contributed by atoms with Gasteiger partial charge in [-0.1, -0.05) is 12.0 Å². The van der Waals surface area contributed by atoms with Gasteiger partial charge in [-0.3, -0.25) is 43.2 Å². The third-order valence-corrected chi connectivity index (χ3v) is 8.94. The summed E-state index contributed by atoms with van der Waals surface area (Å²) in [5.41, 5.74) is 1.47. The minimum atomic E-state index is -1.77. The number of fused-ring (bicyclic) bond motifs is 1. The summed E-state index contributed by atoms with van der Waals surface area (Å²) in [7, 11) is 0. The maximum absolute atomic E-state index is 13.6. The Labute approximate surface area is 345 Å². The van der Waals surface area contributed by atoms with E-state index in [1.54, 1.807) is 35.2 Å². The van der Waals surface area contributed by atoms with Gasteiger partial charge in [-0.05, 0) is 67.6 Å². The van der Waals surface area contributed by atoms with Crippen LogP contribution in [0.3, 0.4) is 0 Å². The van der Waals surface area contributed by atoms with Crippen molar-refractivity contribution in [3.05, 3.63) is 70.3 Å². The fraction of sp³-hybridized carbons (Fsp3) is 0.359. The van der Waals surface area contributed by atoms with Crippen molar-refractivity contribution in [2.45, 2.75) is 82.1 Å². The van der Waals surface area contributed by atoms with E-state index < -0.39 is 129 Å². The summed E-state index contributed by atoms with van der Waals surface area (Å²) in [5, 5.41) is 55.5. The topological polar surface area (TPSA) is 352 Å². The van der Waals surface area contributed by atoms with Crippen LogP contribution < -0.4 is 31.7 Å². The van der Waals surface area contributed by atoms with Crippen molar-refractivity contribution < 1.29 is 68.7 Å². The van der Waals surface area contributed by atoms with Crippen molar-refractivity contribution in [1.29, 1.82) is 0 Å². The lowest BCUT2D eigenvalue weighted by Crippen LogP contribution is -2.58. The van der Waals surface area contributed by atoms with Crippen LogP contribution in [0.5, 0.6) is 0 Å². The van der Waals surface area contributed by atoms with E-state index in [0.29, 0.717) is 16.6 Å². The molecule has 0 fully saturated rings. The number of benzene rings is 2. The minimum Gasteiger partial charge on any atom is -0.481 e. The lowest BCUT2D eigenvalue weighted by atomic mass is 10.0. The van der Waals surface area contributed by atoms with Gasteiger partial charge in [0.15, 0.2) is 0 Å². The number of hydrogen-bond acceptors (Lipinski definition) is 12. The largest absolute Gasteiger partial charge is 0.481 e. The lowest BCUT2D eigenvalue weighted by Gasteiger charge is -2.26. The Morgan fingerprint density at radius 1 is 0.656 bits per heavy atom. The molecule has 3 aromatic rings. The van der Waals surface area contributed by atoms with Gasteiger partial charge in [0.2, 0.25) is 17.7 Å². The van der Waals surface area contributed by atoms with Crippen molar-refractivity contribution in [1.82, 2.24) is 31.2 Å². The molecule has 0 bridgehead atoms. The molecule has 61 heavy (non-hydrogen) atoms. The van der Waals surface area contributed by atoms with Crippen molar-refractivity contribution in [3.8, 4) is 12.3 Å². The molecule has 2 aromatic carbocycles. The molecular formula is C39H43N7O15. The van der Waals surface area contributed by atoms with Gasteiger partial charge in [-0.25, -0.2) is 9.78 Å². The van der Waals surface area contributed by atoms with Gasteiger partial charge >= 0.3 is 29.8 Å². The summed E-state index contributed by atoms with van der Waals surface area (Å²) in [4.78, 5) is 131. The number of hydrogen-bond donors (Lipinski definition) is 10. The van der Waals surface area contributed by atoms with E-state index in [1.165, 1.54) is 18.5 Å². The van der Waals surface area contributed by atoms with Crippen LogP contribution in [0.2, 0.25) is 0 Å². The normalized spacial score (nSPS) is 12.6. The van der Waals surface area contributed by atoms with Gasteiger partial charge < -0.3 is 56.7 Å². The van der Waals surface area contributed by atoms with E-state index in [2.05, 4.69) is 31.8 Å². The highest BCUT2D eigenvalue weighted by molar-refractivity contribution is 5.99. The molecule has 1 heterocycles. The van der Waals surface area contributed by atoms with Crippen molar-refractivity contribution >= 4 is 70.1 Å². The molecule has 4 atom stereocenters. The Hall–Kier alpha value is -7.83. The molecule has 0 spiro atoms. The number of H-pyrrole nitrogens is 1. The molecule has 3 rings (SSSR count). The fourth-order valence-corrected chi connectivity index (χ4v) is 5.80. The second-order valence-corrected chi connectivity index (χ2v) is 13.5. The van der Waals surface area contributed by atoms with Crippen LogP contribution in [0.15, 0.2) is 53.6 Å². The van der Waals surface area contributed by atoms with Crippen molar-refractivity contribution in [2.75, 3.05) is 11.4 Å². The van der Waals surface area contributed by atoms with Gasteiger partial charge in [0.1, 0.15) is 24.2 Å². The van der Waals surface area contributed by atoms with E-state index in [-0.39, 0.29) is 24.2 Å². The molecule has 22 heteroatoms. The van der Waals surface area contributed by atoms with Crippen LogP contribution >= 0.6 is 0 Å². The Bertz CT molecular complexity index is 2240. The molecule has 324 valence electrons. The molecule has 22 nitrogen and oxygen atoms in total. The molecule has 10 N–H and O–H groups in total. The fourth-order valence-electron chi connectivity index (χ4n) is 5.80. The van der Waals surface area contributed by atoms with Gasteiger partial charge in [0.05, 0.1) is 23.8 Å². The average molecular weight is 850 g/mol. The first-order chi connectivity index (χ1) is 28.9. The molecule has 1 aromatic heterocycles. The summed E-state index contributed by atoms with van der Waals surface area (Å²) < 4.78 is 0. The molecule has 0 radical (unpaired) electrons. The Balaban J connectivity index is 1.81. The third-order valence-electron chi connectivity index (χ3n) is 8.94. The zero-order chi connectivity index (χ0) is 45.2. The number of carbonyl (C=O) groups excluding carboxylic acids is 4. The first-order valence-electron chi connectivity index (χ1n) is 18.4. The lowest BCUT2D eigenvalue weighted by molar-refractivity contribution is -0.144. The summed E-state index contributed by atoms with van der Waals surface area (Å²) in [5.74, 6) is -9.07. The molecule has 4 amide bonds.